The highest BCUT2D eigenvalue weighted by Crippen LogP contribution is 2.25. The number of rotatable bonds is 1. The van der Waals surface area contributed by atoms with E-state index in [4.69, 9.17) is 16.3 Å². The van der Waals surface area contributed by atoms with Crippen LogP contribution in [0.25, 0.3) is 11.0 Å². The third-order valence-electron chi connectivity index (χ3n) is 2.43. The Morgan fingerprint density at radius 2 is 2.21 bits per heavy atom. The SMILES string of the molecule is CC(C)(C)OC(=O)n1cc(CCl)c2cc(Br)cnc21. The Morgan fingerprint density at radius 1 is 1.53 bits per heavy atom. The number of pyridine rings is 1. The molecule has 4 nitrogen and oxygen atoms in total. The largest absolute Gasteiger partial charge is 0.443 e. The molecule has 0 fully saturated rings. The number of aromatic nitrogens is 2. The molecule has 0 amide bonds. The molecule has 0 bridgehead atoms. The van der Waals surface area contributed by atoms with Gasteiger partial charge < -0.3 is 4.74 Å². The third-order valence-corrected chi connectivity index (χ3v) is 3.15. The lowest BCUT2D eigenvalue weighted by atomic mass is 10.2. The molecule has 0 aliphatic carbocycles. The van der Waals surface area contributed by atoms with Crippen molar-refractivity contribution in [3.63, 3.8) is 0 Å². The summed E-state index contributed by atoms with van der Waals surface area (Å²) in [6.07, 6.45) is 2.86. The summed E-state index contributed by atoms with van der Waals surface area (Å²) in [4.78, 5) is 16.4. The number of carbonyl (C=O) groups excluding carboxylic acids is 1. The second kappa shape index (κ2) is 5.13. The number of carbonyl (C=O) groups is 1. The first kappa shape index (κ1) is 14.3. The van der Waals surface area contributed by atoms with Gasteiger partial charge >= 0.3 is 6.09 Å². The molecule has 0 saturated heterocycles. The maximum Gasteiger partial charge on any atom is 0.420 e. The van der Waals surface area contributed by atoms with Crippen molar-refractivity contribution in [2.75, 3.05) is 0 Å². The van der Waals surface area contributed by atoms with Gasteiger partial charge in [0.2, 0.25) is 0 Å². The topological polar surface area (TPSA) is 44.1 Å². The molecule has 0 N–H and O–H groups in total. The lowest BCUT2D eigenvalue weighted by molar-refractivity contribution is 0.0543. The second-order valence-electron chi connectivity index (χ2n) is 5.16. The minimum Gasteiger partial charge on any atom is -0.443 e. The van der Waals surface area contributed by atoms with E-state index in [0.29, 0.717) is 11.5 Å². The van der Waals surface area contributed by atoms with Crippen LogP contribution in [0.2, 0.25) is 0 Å². The molecule has 19 heavy (non-hydrogen) atoms. The zero-order valence-electron chi connectivity index (χ0n) is 10.9. The molecule has 2 rings (SSSR count). The average molecular weight is 346 g/mol. The molecule has 2 aromatic rings. The fraction of sp³-hybridized carbons (Fsp3) is 0.385. The average Bonchev–Trinajstić information content (AvgIpc) is 2.64. The molecule has 0 aromatic carbocycles. The van der Waals surface area contributed by atoms with Crippen LogP contribution in [0.4, 0.5) is 4.79 Å². The first-order valence-corrected chi connectivity index (χ1v) is 7.09. The zero-order chi connectivity index (χ0) is 14.2. The summed E-state index contributed by atoms with van der Waals surface area (Å²) in [5, 5.41) is 0.843. The standard InChI is InChI=1S/C13H14BrClN2O2/c1-13(2,3)19-12(18)17-7-8(5-15)10-4-9(14)6-16-11(10)17/h4,6-7H,5H2,1-3H3. The maximum absolute atomic E-state index is 12.1. The molecule has 0 unspecified atom stereocenters. The van der Waals surface area contributed by atoms with Crippen molar-refractivity contribution < 1.29 is 9.53 Å². The predicted molar refractivity (Wildman–Crippen MR) is 78.6 cm³/mol. The molecule has 0 aliphatic rings. The first-order valence-electron chi connectivity index (χ1n) is 5.76. The maximum atomic E-state index is 12.1. The number of hydrogen-bond donors (Lipinski definition) is 0. The van der Waals surface area contributed by atoms with Crippen molar-refractivity contribution in [1.29, 1.82) is 0 Å². The molecular weight excluding hydrogens is 332 g/mol. The molecule has 6 heteroatoms. The second-order valence-corrected chi connectivity index (χ2v) is 6.35. The normalized spacial score (nSPS) is 11.8. The van der Waals surface area contributed by atoms with E-state index in [2.05, 4.69) is 20.9 Å². The summed E-state index contributed by atoms with van der Waals surface area (Å²) in [6.45, 7) is 5.47. The number of ether oxygens (including phenoxy) is 1. The summed E-state index contributed by atoms with van der Waals surface area (Å²) in [6, 6.07) is 1.89. The van der Waals surface area contributed by atoms with Gasteiger partial charge in [-0.3, -0.25) is 0 Å². The number of nitrogens with zero attached hydrogens (tertiary/aromatic N) is 2. The van der Waals surface area contributed by atoms with Crippen molar-refractivity contribution in [2.45, 2.75) is 32.3 Å². The Bertz CT molecular complexity index is 631. The van der Waals surface area contributed by atoms with Crippen LogP contribution in [0.1, 0.15) is 26.3 Å². The molecule has 0 radical (unpaired) electrons. The number of fused-ring (bicyclic) bond motifs is 1. The van der Waals surface area contributed by atoms with Crippen molar-refractivity contribution in [2.24, 2.45) is 0 Å². The smallest absolute Gasteiger partial charge is 0.420 e. The van der Waals surface area contributed by atoms with Crippen LogP contribution in [0.15, 0.2) is 22.9 Å². The molecular formula is C13H14BrClN2O2. The molecule has 0 atom stereocenters. The Balaban J connectivity index is 2.52. The van der Waals surface area contributed by atoms with Crippen LogP contribution in [-0.2, 0) is 10.6 Å². The van der Waals surface area contributed by atoms with Crippen LogP contribution in [0.3, 0.4) is 0 Å². The van der Waals surface area contributed by atoms with Crippen molar-refractivity contribution in [3.05, 3.63) is 28.5 Å². The van der Waals surface area contributed by atoms with E-state index < -0.39 is 11.7 Å². The fourth-order valence-electron chi connectivity index (χ4n) is 1.70. The number of hydrogen-bond acceptors (Lipinski definition) is 3. The Labute approximate surface area is 124 Å². The van der Waals surface area contributed by atoms with Gasteiger partial charge in [-0.25, -0.2) is 14.3 Å². The highest BCUT2D eigenvalue weighted by Gasteiger charge is 2.21. The van der Waals surface area contributed by atoms with Crippen LogP contribution in [0.5, 0.6) is 0 Å². The summed E-state index contributed by atoms with van der Waals surface area (Å²) in [5.41, 5.74) is 0.842. The van der Waals surface area contributed by atoms with E-state index in [1.165, 1.54) is 4.57 Å². The van der Waals surface area contributed by atoms with E-state index in [9.17, 15) is 4.79 Å². The van der Waals surface area contributed by atoms with Crippen LogP contribution in [0, 0.1) is 0 Å². The van der Waals surface area contributed by atoms with Gasteiger partial charge in [0.25, 0.3) is 0 Å². The van der Waals surface area contributed by atoms with Gasteiger partial charge in [-0.2, -0.15) is 0 Å². The first-order chi connectivity index (χ1) is 8.81. The molecule has 0 saturated carbocycles. The predicted octanol–water partition coefficient (Wildman–Crippen LogP) is 4.32. The number of halogens is 2. The Hall–Kier alpha value is -1.07. The summed E-state index contributed by atoms with van der Waals surface area (Å²) in [7, 11) is 0. The van der Waals surface area contributed by atoms with E-state index in [0.717, 1.165) is 15.4 Å². The summed E-state index contributed by atoms with van der Waals surface area (Å²) < 4.78 is 7.58. The minimum atomic E-state index is -0.551. The minimum absolute atomic E-state index is 0.310. The fourth-order valence-corrected chi connectivity index (χ4v) is 2.25. The summed E-state index contributed by atoms with van der Waals surface area (Å²) in [5.74, 6) is 0.310. The number of alkyl halides is 1. The highest BCUT2D eigenvalue weighted by atomic mass is 79.9. The Morgan fingerprint density at radius 3 is 2.79 bits per heavy atom. The molecule has 0 aliphatic heterocycles. The molecule has 0 spiro atoms. The van der Waals surface area contributed by atoms with Crippen LogP contribution >= 0.6 is 27.5 Å². The van der Waals surface area contributed by atoms with Crippen molar-refractivity contribution in [3.8, 4) is 0 Å². The van der Waals surface area contributed by atoms with Gasteiger partial charge in [-0.15, -0.1) is 11.6 Å². The van der Waals surface area contributed by atoms with Crippen LogP contribution in [-0.4, -0.2) is 21.2 Å². The van der Waals surface area contributed by atoms with Crippen LogP contribution < -0.4 is 0 Å². The summed E-state index contributed by atoms with van der Waals surface area (Å²) >= 11 is 9.26. The lowest BCUT2D eigenvalue weighted by Gasteiger charge is -2.19. The van der Waals surface area contributed by atoms with Crippen molar-refractivity contribution >= 4 is 44.7 Å². The van der Waals surface area contributed by atoms with Crippen molar-refractivity contribution in [1.82, 2.24) is 9.55 Å². The van der Waals surface area contributed by atoms with Gasteiger partial charge in [0.05, 0.1) is 0 Å². The lowest BCUT2D eigenvalue weighted by Crippen LogP contribution is -2.26. The molecule has 2 heterocycles. The van der Waals surface area contributed by atoms with Gasteiger partial charge in [-0.1, -0.05) is 0 Å². The molecule has 102 valence electrons. The van der Waals surface area contributed by atoms with E-state index >= 15 is 0 Å². The quantitative estimate of drug-likeness (QED) is 0.723. The van der Waals surface area contributed by atoms with E-state index in [-0.39, 0.29) is 0 Å². The van der Waals surface area contributed by atoms with Gasteiger partial charge in [-0.05, 0) is 48.3 Å². The molecule has 2 aromatic heterocycles. The van der Waals surface area contributed by atoms with E-state index in [1.54, 1.807) is 12.4 Å². The highest BCUT2D eigenvalue weighted by molar-refractivity contribution is 9.10. The van der Waals surface area contributed by atoms with Gasteiger partial charge in [0.1, 0.15) is 11.2 Å². The monoisotopic (exact) mass is 344 g/mol. The van der Waals surface area contributed by atoms with Gasteiger partial charge in [0, 0.05) is 28.1 Å². The Kier molecular flexibility index (Phi) is 3.87. The zero-order valence-corrected chi connectivity index (χ0v) is 13.2. The van der Waals surface area contributed by atoms with E-state index in [1.807, 2.05) is 26.8 Å². The van der Waals surface area contributed by atoms with Gasteiger partial charge in [0.15, 0.2) is 0 Å². The third kappa shape index (κ3) is 3.09.